The second-order valence-electron chi connectivity index (χ2n) is 6.95. The minimum absolute atomic E-state index is 0.141. The first-order chi connectivity index (χ1) is 15.2. The summed E-state index contributed by atoms with van der Waals surface area (Å²) in [4.78, 5) is 14.5. The highest BCUT2D eigenvalue weighted by atomic mass is 16.6. The van der Waals surface area contributed by atoms with Crippen LogP contribution in [0.3, 0.4) is 0 Å². The van der Waals surface area contributed by atoms with E-state index in [0.717, 1.165) is 22.4 Å². The monoisotopic (exact) mass is 413 g/mol. The highest BCUT2D eigenvalue weighted by Crippen LogP contribution is 2.20. The van der Waals surface area contributed by atoms with Gasteiger partial charge in [-0.05, 0) is 48.9 Å². The SMILES string of the molecule is COc1ccc(C=NOCc2nc3c4cnn(-c5ccc(C)cc5)c4ncn3n2)cc1. The topological polar surface area (TPSA) is 91.7 Å². The van der Waals surface area contributed by atoms with Crippen molar-refractivity contribution in [3.05, 3.63) is 78.0 Å². The van der Waals surface area contributed by atoms with Gasteiger partial charge in [-0.3, -0.25) is 0 Å². The van der Waals surface area contributed by atoms with Crippen LogP contribution >= 0.6 is 0 Å². The Morgan fingerprint density at radius 1 is 1.03 bits per heavy atom. The molecule has 0 atom stereocenters. The summed E-state index contributed by atoms with van der Waals surface area (Å²) >= 11 is 0. The molecule has 0 N–H and O–H groups in total. The Kier molecular flexibility index (Phi) is 4.75. The number of benzene rings is 2. The van der Waals surface area contributed by atoms with E-state index in [4.69, 9.17) is 9.57 Å². The van der Waals surface area contributed by atoms with E-state index in [1.54, 1.807) is 35.0 Å². The molecule has 2 aromatic carbocycles. The van der Waals surface area contributed by atoms with Crippen LogP contribution in [0.5, 0.6) is 5.75 Å². The number of fused-ring (bicyclic) bond motifs is 3. The lowest BCUT2D eigenvalue weighted by atomic mass is 10.2. The van der Waals surface area contributed by atoms with Crippen LogP contribution in [0.15, 0.2) is 66.2 Å². The number of aryl methyl sites for hydroxylation is 1. The molecule has 5 rings (SSSR count). The van der Waals surface area contributed by atoms with Crippen LogP contribution in [0.1, 0.15) is 17.0 Å². The third-order valence-electron chi connectivity index (χ3n) is 4.81. The second-order valence-corrected chi connectivity index (χ2v) is 6.95. The number of methoxy groups -OCH3 is 1. The summed E-state index contributed by atoms with van der Waals surface area (Å²) < 4.78 is 8.55. The molecule has 0 unspecified atom stereocenters. The van der Waals surface area contributed by atoms with Crippen molar-refractivity contribution >= 4 is 22.9 Å². The molecule has 0 bridgehead atoms. The van der Waals surface area contributed by atoms with Gasteiger partial charge < -0.3 is 9.57 Å². The molecule has 3 heterocycles. The van der Waals surface area contributed by atoms with E-state index in [-0.39, 0.29) is 6.61 Å². The Hall–Kier alpha value is -4.27. The van der Waals surface area contributed by atoms with Crippen LogP contribution in [-0.4, -0.2) is 42.7 Å². The fourth-order valence-electron chi connectivity index (χ4n) is 3.18. The van der Waals surface area contributed by atoms with E-state index < -0.39 is 0 Å². The summed E-state index contributed by atoms with van der Waals surface area (Å²) in [6.07, 6.45) is 5.00. The third-order valence-corrected chi connectivity index (χ3v) is 4.81. The molecule has 31 heavy (non-hydrogen) atoms. The van der Waals surface area contributed by atoms with Crippen LogP contribution in [0, 0.1) is 6.92 Å². The van der Waals surface area contributed by atoms with Gasteiger partial charge in [-0.1, -0.05) is 22.9 Å². The highest BCUT2D eigenvalue weighted by molar-refractivity contribution is 5.89. The van der Waals surface area contributed by atoms with Crippen molar-refractivity contribution in [3.8, 4) is 11.4 Å². The van der Waals surface area contributed by atoms with Gasteiger partial charge in [0.1, 0.15) is 12.1 Å². The molecule has 9 heteroatoms. The van der Waals surface area contributed by atoms with Gasteiger partial charge in [-0.25, -0.2) is 19.2 Å². The van der Waals surface area contributed by atoms with Gasteiger partial charge in [-0.15, -0.1) is 5.10 Å². The van der Waals surface area contributed by atoms with Gasteiger partial charge in [0, 0.05) is 0 Å². The zero-order valence-electron chi connectivity index (χ0n) is 17.0. The summed E-state index contributed by atoms with van der Waals surface area (Å²) in [5, 5.41) is 13.7. The Bertz CT molecular complexity index is 1370. The lowest BCUT2D eigenvalue weighted by Crippen LogP contribution is -1.99. The van der Waals surface area contributed by atoms with Crippen molar-refractivity contribution in [2.45, 2.75) is 13.5 Å². The van der Waals surface area contributed by atoms with E-state index in [2.05, 4.69) is 25.3 Å². The number of nitrogens with zero attached hydrogens (tertiary/aromatic N) is 7. The number of aromatic nitrogens is 6. The molecule has 0 amide bonds. The van der Waals surface area contributed by atoms with Crippen LogP contribution in [0.25, 0.3) is 22.4 Å². The summed E-state index contributed by atoms with van der Waals surface area (Å²) in [6.45, 7) is 2.19. The van der Waals surface area contributed by atoms with Crippen LogP contribution < -0.4 is 4.74 Å². The largest absolute Gasteiger partial charge is 0.497 e. The summed E-state index contributed by atoms with van der Waals surface area (Å²) in [6, 6.07) is 15.6. The molecule has 5 aromatic rings. The third kappa shape index (κ3) is 3.68. The van der Waals surface area contributed by atoms with Crippen molar-refractivity contribution in [1.82, 2.24) is 29.4 Å². The van der Waals surface area contributed by atoms with E-state index in [1.165, 1.54) is 5.56 Å². The van der Waals surface area contributed by atoms with Crippen molar-refractivity contribution in [1.29, 1.82) is 0 Å². The fourth-order valence-corrected chi connectivity index (χ4v) is 3.18. The quantitative estimate of drug-likeness (QED) is 0.313. The first kappa shape index (κ1) is 18.7. The highest BCUT2D eigenvalue weighted by Gasteiger charge is 2.13. The molecule has 0 spiro atoms. The lowest BCUT2D eigenvalue weighted by Gasteiger charge is -2.03. The zero-order valence-corrected chi connectivity index (χ0v) is 17.0. The van der Waals surface area contributed by atoms with Gasteiger partial charge in [0.15, 0.2) is 23.7 Å². The summed E-state index contributed by atoms with van der Waals surface area (Å²) in [7, 11) is 1.63. The molecule has 0 aliphatic heterocycles. The van der Waals surface area contributed by atoms with E-state index in [1.807, 2.05) is 55.5 Å². The molecule has 154 valence electrons. The fraction of sp³-hybridized carbons (Fsp3) is 0.136. The normalized spacial score (nSPS) is 11.5. The average molecular weight is 413 g/mol. The van der Waals surface area contributed by atoms with E-state index >= 15 is 0 Å². The predicted molar refractivity (Wildman–Crippen MR) is 116 cm³/mol. The minimum Gasteiger partial charge on any atom is -0.497 e. The molecule has 0 saturated heterocycles. The number of hydrogen-bond donors (Lipinski definition) is 0. The summed E-state index contributed by atoms with van der Waals surface area (Å²) in [5.41, 5.74) is 4.41. The molecular weight excluding hydrogens is 394 g/mol. The van der Waals surface area contributed by atoms with Gasteiger partial charge in [0.05, 0.1) is 30.6 Å². The van der Waals surface area contributed by atoms with Gasteiger partial charge in [0.25, 0.3) is 0 Å². The Morgan fingerprint density at radius 2 is 1.84 bits per heavy atom. The summed E-state index contributed by atoms with van der Waals surface area (Å²) in [5.74, 6) is 1.29. The van der Waals surface area contributed by atoms with E-state index in [0.29, 0.717) is 17.1 Å². The predicted octanol–water partition coefficient (Wildman–Crippen LogP) is 3.33. The standard InChI is InChI=1S/C22H19N7O2/c1-15-3-7-17(8-4-15)29-21-19(12-24-29)22-26-20(27-28(22)14-23-21)13-31-25-11-16-5-9-18(30-2)10-6-16/h3-12,14H,13H2,1-2H3. The zero-order chi connectivity index (χ0) is 21.2. The maximum Gasteiger partial charge on any atom is 0.192 e. The number of oxime groups is 1. The molecule has 0 aliphatic rings. The first-order valence-electron chi connectivity index (χ1n) is 9.66. The number of ether oxygens (including phenoxy) is 1. The van der Waals surface area contributed by atoms with Gasteiger partial charge in [-0.2, -0.15) is 5.10 Å². The Balaban J connectivity index is 1.35. The van der Waals surface area contributed by atoms with E-state index in [9.17, 15) is 0 Å². The molecule has 0 aliphatic carbocycles. The van der Waals surface area contributed by atoms with Crippen LogP contribution in [0.2, 0.25) is 0 Å². The second kappa shape index (κ2) is 7.86. The Morgan fingerprint density at radius 3 is 2.61 bits per heavy atom. The van der Waals surface area contributed by atoms with Crippen LogP contribution in [0.4, 0.5) is 0 Å². The molecule has 3 aromatic heterocycles. The smallest absolute Gasteiger partial charge is 0.192 e. The average Bonchev–Trinajstić information content (AvgIpc) is 3.41. The molecule has 0 saturated carbocycles. The van der Waals surface area contributed by atoms with Crippen molar-refractivity contribution in [2.24, 2.45) is 5.16 Å². The van der Waals surface area contributed by atoms with Crippen molar-refractivity contribution in [2.75, 3.05) is 7.11 Å². The number of hydrogen-bond acceptors (Lipinski definition) is 7. The maximum atomic E-state index is 5.37. The number of rotatable bonds is 6. The van der Waals surface area contributed by atoms with Crippen LogP contribution in [-0.2, 0) is 11.4 Å². The first-order valence-corrected chi connectivity index (χ1v) is 9.66. The lowest BCUT2D eigenvalue weighted by molar-refractivity contribution is 0.126. The van der Waals surface area contributed by atoms with Gasteiger partial charge in [0.2, 0.25) is 0 Å². The van der Waals surface area contributed by atoms with Gasteiger partial charge >= 0.3 is 0 Å². The Labute approximate surface area is 177 Å². The van der Waals surface area contributed by atoms with Crippen molar-refractivity contribution in [3.63, 3.8) is 0 Å². The molecule has 0 radical (unpaired) electrons. The maximum absolute atomic E-state index is 5.37. The minimum atomic E-state index is 0.141. The molecular formula is C22H19N7O2. The molecule has 0 fully saturated rings. The molecule has 9 nitrogen and oxygen atoms in total. The van der Waals surface area contributed by atoms with Crippen molar-refractivity contribution < 1.29 is 9.57 Å².